The van der Waals surface area contributed by atoms with Crippen molar-refractivity contribution in [1.29, 1.82) is 0 Å². The Labute approximate surface area is 86.3 Å². The molecule has 0 aromatic heterocycles. The number of rotatable bonds is 4. The van der Waals surface area contributed by atoms with Crippen LogP contribution in [0.2, 0.25) is 0 Å². The minimum atomic E-state index is -3.53. The first-order chi connectivity index (χ1) is 6.54. The highest BCUT2D eigenvalue weighted by atomic mass is 32.2. The van der Waals surface area contributed by atoms with Crippen LogP contribution in [0, 0.1) is 0 Å². The molecule has 0 saturated heterocycles. The smallest absolute Gasteiger partial charge is 0.260 e. The van der Waals surface area contributed by atoms with Crippen molar-refractivity contribution in [1.82, 2.24) is 0 Å². The zero-order valence-electron chi connectivity index (χ0n) is 8.66. The molecule has 3 nitrogen and oxygen atoms in total. The lowest BCUT2D eigenvalue weighted by Gasteiger charge is -2.34. The maximum Gasteiger partial charge on any atom is 0.290 e. The van der Waals surface area contributed by atoms with Crippen LogP contribution in [-0.4, -0.2) is 14.0 Å². The van der Waals surface area contributed by atoms with E-state index in [1.165, 1.54) is 6.42 Å². The first-order valence-electron chi connectivity index (χ1n) is 5.12. The number of hydrogen-bond acceptors (Lipinski definition) is 3. The molecule has 0 aromatic rings. The average molecular weight is 218 g/mol. The van der Waals surface area contributed by atoms with Gasteiger partial charge in [0.2, 0.25) is 0 Å². The first kappa shape index (κ1) is 11.7. The van der Waals surface area contributed by atoms with Crippen LogP contribution in [-0.2, 0) is 14.3 Å². The summed E-state index contributed by atoms with van der Waals surface area (Å²) in [5, 5.41) is 0.888. The van der Waals surface area contributed by atoms with Crippen molar-refractivity contribution in [2.24, 2.45) is 0 Å². The largest absolute Gasteiger partial charge is 0.290 e. The summed E-state index contributed by atoms with van der Waals surface area (Å²) in [5.74, 6) is 0. The van der Waals surface area contributed by atoms with E-state index in [0.717, 1.165) is 37.5 Å². The van der Waals surface area contributed by atoms with Crippen molar-refractivity contribution in [3.63, 3.8) is 0 Å². The summed E-state index contributed by atoms with van der Waals surface area (Å²) in [6, 6.07) is 0. The molecule has 1 fully saturated rings. The third-order valence-corrected chi connectivity index (χ3v) is 3.90. The average Bonchev–Trinajstić information content (AvgIpc) is 2.19. The van der Waals surface area contributed by atoms with E-state index in [1.54, 1.807) is 0 Å². The molecule has 0 bridgehead atoms. The highest BCUT2D eigenvalue weighted by molar-refractivity contribution is 7.89. The summed E-state index contributed by atoms with van der Waals surface area (Å²) < 4.78 is 27.8. The summed E-state index contributed by atoms with van der Waals surface area (Å²) in [4.78, 5) is 0. The molecule has 1 aliphatic rings. The summed E-state index contributed by atoms with van der Waals surface area (Å²) >= 11 is 0. The van der Waals surface area contributed by atoms with E-state index in [4.69, 9.17) is 4.18 Å². The van der Waals surface area contributed by atoms with Gasteiger partial charge in [-0.05, 0) is 19.3 Å². The van der Waals surface area contributed by atoms with Gasteiger partial charge in [0, 0.05) is 0 Å². The van der Waals surface area contributed by atoms with Crippen LogP contribution >= 0.6 is 0 Å². The standard InChI is InChI=1S/C10H18O3S/c1-3-10(8-6-5-7-9-10)13-14(11,12)4-2/h4H,2-3,5-9H2,1H3. The molecule has 0 atom stereocenters. The maximum atomic E-state index is 11.3. The molecule has 0 radical (unpaired) electrons. The second-order valence-electron chi connectivity index (χ2n) is 3.84. The zero-order chi connectivity index (χ0) is 10.7. The van der Waals surface area contributed by atoms with Crippen LogP contribution in [0.25, 0.3) is 0 Å². The third kappa shape index (κ3) is 2.82. The number of hydrogen-bond donors (Lipinski definition) is 0. The van der Waals surface area contributed by atoms with Crippen LogP contribution < -0.4 is 0 Å². The predicted octanol–water partition coefficient (Wildman–Crippen LogP) is 2.59. The Balaban J connectivity index is 2.75. The molecule has 0 N–H and O–H groups in total. The second-order valence-corrected chi connectivity index (χ2v) is 5.33. The van der Waals surface area contributed by atoms with Gasteiger partial charge in [-0.25, -0.2) is 0 Å². The van der Waals surface area contributed by atoms with Crippen molar-refractivity contribution >= 4 is 10.1 Å². The topological polar surface area (TPSA) is 43.4 Å². The predicted molar refractivity (Wildman–Crippen MR) is 56.3 cm³/mol. The Hall–Kier alpha value is -0.350. The van der Waals surface area contributed by atoms with Crippen molar-refractivity contribution in [3.05, 3.63) is 12.0 Å². The minimum Gasteiger partial charge on any atom is -0.260 e. The fourth-order valence-corrected chi connectivity index (χ4v) is 2.82. The Morgan fingerprint density at radius 3 is 2.36 bits per heavy atom. The van der Waals surface area contributed by atoms with Gasteiger partial charge in [-0.2, -0.15) is 8.42 Å². The molecule has 1 rings (SSSR count). The monoisotopic (exact) mass is 218 g/mol. The first-order valence-corrected chi connectivity index (χ1v) is 6.59. The van der Waals surface area contributed by atoms with Crippen LogP contribution in [0.15, 0.2) is 12.0 Å². The van der Waals surface area contributed by atoms with Crippen molar-refractivity contribution in [3.8, 4) is 0 Å². The maximum absolute atomic E-state index is 11.3. The summed E-state index contributed by atoms with van der Waals surface area (Å²) in [5.41, 5.74) is -0.453. The van der Waals surface area contributed by atoms with Crippen molar-refractivity contribution < 1.29 is 12.6 Å². The Bertz CT molecular complexity index is 286. The van der Waals surface area contributed by atoms with E-state index in [9.17, 15) is 8.42 Å². The Kier molecular flexibility index (Phi) is 3.72. The fraction of sp³-hybridized carbons (Fsp3) is 0.800. The second kappa shape index (κ2) is 4.45. The molecule has 82 valence electrons. The van der Waals surface area contributed by atoms with Crippen LogP contribution in [0.1, 0.15) is 45.4 Å². The molecular weight excluding hydrogens is 200 g/mol. The van der Waals surface area contributed by atoms with Crippen LogP contribution in [0.3, 0.4) is 0 Å². The van der Waals surface area contributed by atoms with Gasteiger partial charge < -0.3 is 0 Å². The lowest BCUT2D eigenvalue weighted by molar-refractivity contribution is 0.0350. The minimum absolute atomic E-state index is 0.453. The van der Waals surface area contributed by atoms with Crippen molar-refractivity contribution in [2.75, 3.05) is 0 Å². The lowest BCUT2D eigenvalue weighted by atomic mass is 9.83. The highest BCUT2D eigenvalue weighted by Gasteiger charge is 2.35. The van der Waals surface area contributed by atoms with Crippen LogP contribution in [0.4, 0.5) is 0 Å². The van der Waals surface area contributed by atoms with E-state index in [-0.39, 0.29) is 0 Å². The van der Waals surface area contributed by atoms with Gasteiger partial charge in [0.15, 0.2) is 0 Å². The SMILES string of the molecule is C=CS(=O)(=O)OC1(CC)CCCCC1. The van der Waals surface area contributed by atoms with Gasteiger partial charge in [0.25, 0.3) is 10.1 Å². The molecule has 14 heavy (non-hydrogen) atoms. The third-order valence-electron chi connectivity index (χ3n) is 2.91. The molecule has 1 saturated carbocycles. The molecule has 0 unspecified atom stereocenters. The Morgan fingerprint density at radius 2 is 1.93 bits per heavy atom. The quantitative estimate of drug-likeness (QED) is 0.681. The van der Waals surface area contributed by atoms with Gasteiger partial charge in [-0.3, -0.25) is 4.18 Å². The Morgan fingerprint density at radius 1 is 1.36 bits per heavy atom. The highest BCUT2D eigenvalue weighted by Crippen LogP contribution is 2.35. The van der Waals surface area contributed by atoms with Crippen molar-refractivity contribution in [2.45, 2.75) is 51.0 Å². The van der Waals surface area contributed by atoms with Crippen LogP contribution in [0.5, 0.6) is 0 Å². The van der Waals surface area contributed by atoms with Gasteiger partial charge in [-0.1, -0.05) is 32.8 Å². The lowest BCUT2D eigenvalue weighted by Crippen LogP contribution is -2.36. The van der Waals surface area contributed by atoms with E-state index in [1.807, 2.05) is 6.92 Å². The summed E-state index contributed by atoms with van der Waals surface area (Å²) in [6.45, 7) is 5.23. The van der Waals surface area contributed by atoms with E-state index >= 15 is 0 Å². The molecule has 0 aliphatic heterocycles. The van der Waals surface area contributed by atoms with Gasteiger partial charge in [0.1, 0.15) is 0 Å². The molecule has 0 amide bonds. The normalized spacial score (nSPS) is 21.8. The zero-order valence-corrected chi connectivity index (χ0v) is 9.48. The molecule has 4 heteroatoms. The van der Waals surface area contributed by atoms with Gasteiger partial charge >= 0.3 is 0 Å². The fourth-order valence-electron chi connectivity index (χ4n) is 1.97. The van der Waals surface area contributed by atoms with Gasteiger partial charge in [-0.15, -0.1) is 0 Å². The molecular formula is C10H18O3S. The van der Waals surface area contributed by atoms with E-state index < -0.39 is 15.7 Å². The van der Waals surface area contributed by atoms with E-state index in [0.29, 0.717) is 0 Å². The molecule has 0 aromatic carbocycles. The van der Waals surface area contributed by atoms with E-state index in [2.05, 4.69) is 6.58 Å². The van der Waals surface area contributed by atoms with Gasteiger partial charge in [0.05, 0.1) is 11.0 Å². The summed E-state index contributed by atoms with van der Waals surface area (Å²) in [6.07, 6.45) is 5.73. The molecule has 0 heterocycles. The molecule has 1 aliphatic carbocycles. The summed E-state index contributed by atoms with van der Waals surface area (Å²) in [7, 11) is -3.53. The molecule has 0 spiro atoms.